The second-order valence-corrected chi connectivity index (χ2v) is 4.64. The molecule has 0 aliphatic carbocycles. The van der Waals surface area contributed by atoms with E-state index in [1.807, 2.05) is 30.3 Å². The Bertz CT molecular complexity index is 770. The third-order valence-corrected chi connectivity index (χ3v) is 3.15. The Balaban J connectivity index is 1.60. The number of carbonyl (C=O) groups is 1. The summed E-state index contributed by atoms with van der Waals surface area (Å²) in [7, 11) is 0. The molecule has 6 nitrogen and oxygen atoms in total. The number of nitrogens with one attached hydrogen (secondary N) is 2. The minimum absolute atomic E-state index is 0.187. The van der Waals surface area contributed by atoms with Crippen LogP contribution >= 0.6 is 0 Å². The molecule has 1 amide bonds. The summed E-state index contributed by atoms with van der Waals surface area (Å²) in [5, 5.41) is 7.72. The third kappa shape index (κ3) is 3.17. The first-order chi connectivity index (χ1) is 10.8. The molecule has 0 saturated carbocycles. The van der Waals surface area contributed by atoms with Gasteiger partial charge in [0.05, 0.1) is 0 Å². The summed E-state index contributed by atoms with van der Waals surface area (Å²) in [5.41, 5.74) is 0.439. The molecule has 2 heterocycles. The number of hydrogen-bond acceptors (Lipinski definition) is 5. The molecule has 0 radical (unpaired) electrons. The van der Waals surface area contributed by atoms with E-state index in [0.29, 0.717) is 24.7 Å². The fraction of sp³-hybridized carbons (Fsp3) is 0.125. The Morgan fingerprint density at radius 1 is 0.909 bits per heavy atom. The van der Waals surface area contributed by atoms with Crippen LogP contribution in [0.15, 0.2) is 55.0 Å². The number of benzene rings is 1. The Hall–Kier alpha value is -3.02. The molecule has 22 heavy (non-hydrogen) atoms. The van der Waals surface area contributed by atoms with E-state index in [0.717, 1.165) is 10.8 Å². The molecule has 3 aromatic rings. The van der Waals surface area contributed by atoms with Crippen molar-refractivity contribution in [2.45, 2.75) is 0 Å². The lowest BCUT2D eigenvalue weighted by atomic mass is 10.1. The van der Waals surface area contributed by atoms with E-state index >= 15 is 0 Å². The van der Waals surface area contributed by atoms with E-state index in [1.54, 1.807) is 24.7 Å². The van der Waals surface area contributed by atoms with Crippen LogP contribution in [0.5, 0.6) is 0 Å². The molecule has 1 aromatic carbocycles. The van der Waals surface area contributed by atoms with Gasteiger partial charge >= 0.3 is 0 Å². The Morgan fingerprint density at radius 2 is 1.73 bits per heavy atom. The molecule has 0 saturated heterocycles. The van der Waals surface area contributed by atoms with E-state index in [9.17, 15) is 4.79 Å². The smallest absolute Gasteiger partial charge is 0.270 e. The summed E-state index contributed by atoms with van der Waals surface area (Å²) in [6, 6.07) is 11.3. The van der Waals surface area contributed by atoms with E-state index in [2.05, 4.69) is 25.6 Å². The summed E-state index contributed by atoms with van der Waals surface area (Å²) in [6.45, 7) is 1.00. The lowest BCUT2D eigenvalue weighted by molar-refractivity contribution is 0.0952. The lowest BCUT2D eigenvalue weighted by Gasteiger charge is -2.08. The average Bonchev–Trinajstić information content (AvgIpc) is 2.59. The van der Waals surface area contributed by atoms with Gasteiger partial charge in [0.1, 0.15) is 5.69 Å². The predicted octanol–water partition coefficient (Wildman–Crippen LogP) is 1.87. The minimum Gasteiger partial charge on any atom is -0.352 e. The third-order valence-electron chi connectivity index (χ3n) is 3.15. The monoisotopic (exact) mass is 293 g/mol. The van der Waals surface area contributed by atoms with Crippen molar-refractivity contribution < 1.29 is 4.79 Å². The Labute approximate surface area is 127 Å². The first-order valence-corrected chi connectivity index (χ1v) is 6.97. The van der Waals surface area contributed by atoms with Crippen molar-refractivity contribution >= 4 is 22.6 Å². The first-order valence-electron chi connectivity index (χ1n) is 6.97. The highest BCUT2D eigenvalue weighted by Gasteiger charge is 2.10. The van der Waals surface area contributed by atoms with Crippen LogP contribution in [-0.2, 0) is 0 Å². The summed E-state index contributed by atoms with van der Waals surface area (Å²) in [5.74, 6) is 0.354. The van der Waals surface area contributed by atoms with Crippen LogP contribution in [0.3, 0.4) is 0 Å². The standard InChI is InChI=1S/C16H15N5O/c22-15(18-10-11-21-16-19-7-3-8-20-16)14-13-5-2-1-4-12(13)6-9-17-14/h1-9H,10-11H2,(H,18,22)(H,19,20,21). The molecular formula is C16H15N5O. The van der Waals surface area contributed by atoms with Gasteiger partial charge in [0, 0.05) is 37.1 Å². The SMILES string of the molecule is O=C(NCCNc1ncccn1)c1nccc2ccccc12. The van der Waals surface area contributed by atoms with E-state index in [-0.39, 0.29) is 5.91 Å². The van der Waals surface area contributed by atoms with Crippen molar-refractivity contribution in [1.29, 1.82) is 0 Å². The van der Waals surface area contributed by atoms with Crippen LogP contribution in [-0.4, -0.2) is 33.9 Å². The van der Waals surface area contributed by atoms with Gasteiger partial charge in [0.2, 0.25) is 5.95 Å². The summed E-state index contributed by atoms with van der Waals surface area (Å²) >= 11 is 0. The van der Waals surface area contributed by atoms with Gasteiger partial charge in [-0.2, -0.15) is 0 Å². The molecular weight excluding hydrogens is 278 g/mol. The topological polar surface area (TPSA) is 79.8 Å². The van der Waals surface area contributed by atoms with Gasteiger partial charge in [-0.25, -0.2) is 9.97 Å². The molecule has 0 atom stereocenters. The number of fused-ring (bicyclic) bond motifs is 1. The van der Waals surface area contributed by atoms with Gasteiger partial charge in [-0.05, 0) is 17.5 Å². The Morgan fingerprint density at radius 3 is 2.59 bits per heavy atom. The molecule has 0 bridgehead atoms. The summed E-state index contributed by atoms with van der Waals surface area (Å²) in [6.07, 6.45) is 4.97. The number of amides is 1. The van der Waals surface area contributed by atoms with Crippen molar-refractivity contribution in [3.63, 3.8) is 0 Å². The van der Waals surface area contributed by atoms with E-state index < -0.39 is 0 Å². The zero-order valence-corrected chi connectivity index (χ0v) is 11.9. The maximum atomic E-state index is 12.2. The highest BCUT2D eigenvalue weighted by Crippen LogP contribution is 2.15. The number of aromatic nitrogens is 3. The van der Waals surface area contributed by atoms with Crippen LogP contribution in [0.2, 0.25) is 0 Å². The fourth-order valence-corrected chi connectivity index (χ4v) is 2.13. The lowest BCUT2D eigenvalue weighted by Crippen LogP contribution is -2.29. The molecule has 110 valence electrons. The molecule has 0 aliphatic rings. The minimum atomic E-state index is -0.187. The molecule has 3 rings (SSSR count). The Kier molecular flexibility index (Phi) is 4.20. The van der Waals surface area contributed by atoms with Gasteiger partial charge in [0.15, 0.2) is 0 Å². The van der Waals surface area contributed by atoms with E-state index in [4.69, 9.17) is 0 Å². The second kappa shape index (κ2) is 6.62. The van der Waals surface area contributed by atoms with Crippen molar-refractivity contribution in [1.82, 2.24) is 20.3 Å². The van der Waals surface area contributed by atoms with Crippen LogP contribution < -0.4 is 10.6 Å². The van der Waals surface area contributed by atoms with Crippen molar-refractivity contribution in [3.8, 4) is 0 Å². The van der Waals surface area contributed by atoms with Gasteiger partial charge in [0.25, 0.3) is 5.91 Å². The van der Waals surface area contributed by atoms with Crippen LogP contribution in [0.25, 0.3) is 10.8 Å². The molecule has 2 aromatic heterocycles. The van der Waals surface area contributed by atoms with Gasteiger partial charge in [-0.15, -0.1) is 0 Å². The van der Waals surface area contributed by atoms with Crippen molar-refractivity contribution in [2.24, 2.45) is 0 Å². The summed E-state index contributed by atoms with van der Waals surface area (Å²) < 4.78 is 0. The maximum Gasteiger partial charge on any atom is 0.270 e. The van der Waals surface area contributed by atoms with Crippen molar-refractivity contribution in [2.75, 3.05) is 18.4 Å². The number of carbonyl (C=O) groups excluding carboxylic acids is 1. The zero-order valence-electron chi connectivity index (χ0n) is 11.9. The highest BCUT2D eigenvalue weighted by molar-refractivity contribution is 6.05. The van der Waals surface area contributed by atoms with Gasteiger partial charge in [-0.1, -0.05) is 24.3 Å². The normalized spacial score (nSPS) is 10.4. The molecule has 6 heteroatoms. The van der Waals surface area contributed by atoms with Gasteiger partial charge in [-0.3, -0.25) is 9.78 Å². The van der Waals surface area contributed by atoms with Gasteiger partial charge < -0.3 is 10.6 Å². The van der Waals surface area contributed by atoms with Crippen LogP contribution in [0, 0.1) is 0 Å². The maximum absolute atomic E-state index is 12.2. The number of anilines is 1. The highest BCUT2D eigenvalue weighted by atomic mass is 16.1. The summed E-state index contributed by atoms with van der Waals surface area (Å²) in [4.78, 5) is 24.5. The number of rotatable bonds is 5. The molecule has 0 unspecified atom stereocenters. The van der Waals surface area contributed by atoms with Crippen LogP contribution in [0.4, 0.5) is 5.95 Å². The van der Waals surface area contributed by atoms with Crippen LogP contribution in [0.1, 0.15) is 10.5 Å². The average molecular weight is 293 g/mol. The molecule has 2 N–H and O–H groups in total. The molecule has 0 spiro atoms. The van der Waals surface area contributed by atoms with Crippen molar-refractivity contribution in [3.05, 3.63) is 60.7 Å². The number of pyridine rings is 1. The second-order valence-electron chi connectivity index (χ2n) is 4.64. The predicted molar refractivity (Wildman–Crippen MR) is 84.6 cm³/mol. The van der Waals surface area contributed by atoms with E-state index in [1.165, 1.54) is 0 Å². The number of nitrogens with zero attached hydrogens (tertiary/aromatic N) is 3. The number of hydrogen-bond donors (Lipinski definition) is 2. The first kappa shape index (κ1) is 13.9. The fourth-order valence-electron chi connectivity index (χ4n) is 2.13. The quantitative estimate of drug-likeness (QED) is 0.702. The zero-order chi connectivity index (χ0) is 15.2. The molecule has 0 fully saturated rings. The largest absolute Gasteiger partial charge is 0.352 e. The molecule has 0 aliphatic heterocycles.